The fourth-order valence-electron chi connectivity index (χ4n) is 3.65. The minimum absolute atomic E-state index is 0.0189. The number of rotatable bonds is 6. The van der Waals surface area contributed by atoms with Crippen LogP contribution in [0.3, 0.4) is 0 Å². The monoisotopic (exact) mass is 476 g/mol. The van der Waals surface area contributed by atoms with Gasteiger partial charge in [0.05, 0.1) is 11.6 Å². The molecular formula is C23H22ClFN2O2S2. The second-order valence-corrected chi connectivity index (χ2v) is 9.95. The standard InChI is InChI=1S/C23H22ClFN2O2S2/c1-15-7-10-31-21(15)14-27(17-2-3-19(25)18(24)12-17)23(29)5-4-22(28)26-9-6-20-16(13-26)8-11-30-20/h2-3,7-8,10-12H,4-6,9,13-14H2,1H3. The van der Waals surface area contributed by atoms with Crippen LogP contribution in [0.1, 0.15) is 33.7 Å². The number of halogens is 2. The number of thiophene rings is 2. The third kappa shape index (κ3) is 5.00. The number of aryl methyl sites for hydroxylation is 1. The first-order chi connectivity index (χ1) is 14.9. The average Bonchev–Trinajstić information content (AvgIpc) is 3.40. The lowest BCUT2D eigenvalue weighted by Gasteiger charge is -2.28. The molecule has 1 aromatic carbocycles. The van der Waals surface area contributed by atoms with Crippen molar-refractivity contribution in [1.29, 1.82) is 0 Å². The Labute approximate surface area is 193 Å². The summed E-state index contributed by atoms with van der Waals surface area (Å²) in [5.74, 6) is -0.732. The number of hydrogen-bond donors (Lipinski definition) is 0. The van der Waals surface area contributed by atoms with E-state index in [1.165, 1.54) is 22.6 Å². The third-order valence-electron chi connectivity index (χ3n) is 5.50. The number of benzene rings is 1. The van der Waals surface area contributed by atoms with E-state index in [0.29, 0.717) is 25.3 Å². The quantitative estimate of drug-likeness (QED) is 0.450. The first kappa shape index (κ1) is 22.0. The minimum atomic E-state index is -0.529. The molecular weight excluding hydrogens is 455 g/mol. The van der Waals surface area contributed by atoms with Crippen LogP contribution < -0.4 is 4.90 Å². The summed E-state index contributed by atoms with van der Waals surface area (Å²) in [5, 5.41) is 4.00. The molecule has 4 rings (SSSR count). The SMILES string of the molecule is Cc1ccsc1CN(C(=O)CCC(=O)N1CCc2sccc2C1)c1ccc(F)c(Cl)c1. The van der Waals surface area contributed by atoms with Crippen molar-refractivity contribution in [3.63, 3.8) is 0 Å². The lowest BCUT2D eigenvalue weighted by Crippen LogP contribution is -2.37. The number of carbonyl (C=O) groups excluding carboxylic acids is 2. The van der Waals surface area contributed by atoms with Crippen molar-refractivity contribution in [1.82, 2.24) is 4.90 Å². The summed E-state index contributed by atoms with van der Waals surface area (Å²) in [6, 6.07) is 8.33. The largest absolute Gasteiger partial charge is 0.338 e. The molecule has 0 saturated heterocycles. The molecule has 0 aliphatic carbocycles. The molecule has 8 heteroatoms. The van der Waals surface area contributed by atoms with Crippen LogP contribution >= 0.6 is 34.3 Å². The molecule has 0 N–H and O–H groups in total. The molecule has 0 radical (unpaired) electrons. The van der Waals surface area contributed by atoms with E-state index in [1.807, 2.05) is 23.3 Å². The second-order valence-electron chi connectivity index (χ2n) is 7.54. The summed E-state index contributed by atoms with van der Waals surface area (Å²) in [7, 11) is 0. The van der Waals surface area contributed by atoms with Gasteiger partial charge in [-0.25, -0.2) is 4.39 Å². The summed E-state index contributed by atoms with van der Waals surface area (Å²) in [6.45, 7) is 3.65. The molecule has 31 heavy (non-hydrogen) atoms. The van der Waals surface area contributed by atoms with Crippen molar-refractivity contribution in [3.8, 4) is 0 Å². The van der Waals surface area contributed by atoms with Crippen LogP contribution in [0, 0.1) is 12.7 Å². The van der Waals surface area contributed by atoms with E-state index in [2.05, 4.69) is 11.4 Å². The molecule has 162 valence electrons. The number of nitrogens with zero attached hydrogens (tertiary/aromatic N) is 2. The van der Waals surface area contributed by atoms with Gasteiger partial charge in [0.1, 0.15) is 5.82 Å². The van der Waals surface area contributed by atoms with Crippen molar-refractivity contribution in [3.05, 3.63) is 72.8 Å². The van der Waals surface area contributed by atoms with Gasteiger partial charge in [-0.05, 0) is 65.6 Å². The molecule has 3 aromatic rings. The zero-order valence-corrected chi connectivity index (χ0v) is 19.5. The van der Waals surface area contributed by atoms with Crippen LogP contribution in [-0.4, -0.2) is 23.3 Å². The Balaban J connectivity index is 1.46. The van der Waals surface area contributed by atoms with Crippen LogP contribution in [0.5, 0.6) is 0 Å². The molecule has 3 heterocycles. The van der Waals surface area contributed by atoms with E-state index < -0.39 is 5.82 Å². The molecule has 1 aliphatic rings. The Morgan fingerprint density at radius 1 is 1.16 bits per heavy atom. The molecule has 0 saturated carbocycles. The fourth-order valence-corrected chi connectivity index (χ4v) is 5.61. The minimum Gasteiger partial charge on any atom is -0.338 e. The summed E-state index contributed by atoms with van der Waals surface area (Å²) in [4.78, 5) is 31.7. The Morgan fingerprint density at radius 3 is 2.71 bits per heavy atom. The van der Waals surface area contributed by atoms with Gasteiger partial charge >= 0.3 is 0 Å². The fraction of sp³-hybridized carbons (Fsp3) is 0.304. The Bertz CT molecular complexity index is 1110. The van der Waals surface area contributed by atoms with Crippen LogP contribution in [-0.2, 0) is 29.1 Å². The molecule has 2 amide bonds. The van der Waals surface area contributed by atoms with Crippen molar-refractivity contribution < 1.29 is 14.0 Å². The summed E-state index contributed by atoms with van der Waals surface area (Å²) >= 11 is 9.26. The zero-order chi connectivity index (χ0) is 22.0. The van der Waals surface area contributed by atoms with Crippen LogP contribution in [0.4, 0.5) is 10.1 Å². The molecule has 0 unspecified atom stereocenters. The maximum atomic E-state index is 13.7. The van der Waals surface area contributed by atoms with Crippen LogP contribution in [0.15, 0.2) is 41.1 Å². The Kier molecular flexibility index (Phi) is 6.74. The number of fused-ring (bicyclic) bond motifs is 1. The van der Waals surface area contributed by atoms with Crippen molar-refractivity contribution in [2.24, 2.45) is 0 Å². The van der Waals surface area contributed by atoms with Crippen molar-refractivity contribution in [2.75, 3.05) is 11.4 Å². The van der Waals surface area contributed by atoms with Crippen LogP contribution in [0.2, 0.25) is 5.02 Å². The highest BCUT2D eigenvalue weighted by molar-refractivity contribution is 7.10. The first-order valence-corrected chi connectivity index (χ1v) is 12.2. The molecule has 4 nitrogen and oxygen atoms in total. The molecule has 0 spiro atoms. The smallest absolute Gasteiger partial charge is 0.227 e. The molecule has 1 aliphatic heterocycles. The van der Waals surface area contributed by atoms with Gasteiger partial charge in [-0.15, -0.1) is 22.7 Å². The highest BCUT2D eigenvalue weighted by Crippen LogP contribution is 2.28. The highest BCUT2D eigenvalue weighted by atomic mass is 35.5. The van der Waals surface area contributed by atoms with Gasteiger partial charge in [0.2, 0.25) is 11.8 Å². The van der Waals surface area contributed by atoms with Gasteiger partial charge in [0.15, 0.2) is 0 Å². The van der Waals surface area contributed by atoms with Gasteiger partial charge < -0.3 is 9.80 Å². The zero-order valence-electron chi connectivity index (χ0n) is 17.1. The predicted molar refractivity (Wildman–Crippen MR) is 124 cm³/mol. The van der Waals surface area contributed by atoms with E-state index in [4.69, 9.17) is 11.6 Å². The maximum absolute atomic E-state index is 13.7. The topological polar surface area (TPSA) is 40.6 Å². The van der Waals surface area contributed by atoms with E-state index in [0.717, 1.165) is 16.9 Å². The maximum Gasteiger partial charge on any atom is 0.227 e. The molecule has 0 fully saturated rings. The van der Waals surface area contributed by atoms with Gasteiger partial charge in [0.25, 0.3) is 0 Å². The van der Waals surface area contributed by atoms with E-state index in [-0.39, 0.29) is 29.7 Å². The third-order valence-corrected chi connectivity index (χ3v) is 7.82. The number of amides is 2. The predicted octanol–water partition coefficient (Wildman–Crippen LogP) is 5.81. The Morgan fingerprint density at radius 2 is 1.97 bits per heavy atom. The van der Waals surface area contributed by atoms with E-state index in [1.54, 1.807) is 33.6 Å². The van der Waals surface area contributed by atoms with Gasteiger partial charge in [-0.3, -0.25) is 9.59 Å². The molecule has 2 aromatic heterocycles. The normalized spacial score (nSPS) is 13.2. The lowest BCUT2D eigenvalue weighted by molar-refractivity contribution is -0.134. The number of hydrogen-bond acceptors (Lipinski definition) is 4. The lowest BCUT2D eigenvalue weighted by atomic mass is 10.1. The second kappa shape index (κ2) is 9.51. The first-order valence-electron chi connectivity index (χ1n) is 10.0. The number of anilines is 1. The highest BCUT2D eigenvalue weighted by Gasteiger charge is 2.24. The van der Waals surface area contributed by atoms with Gasteiger partial charge in [0, 0.05) is 41.4 Å². The summed E-state index contributed by atoms with van der Waals surface area (Å²) in [6.07, 6.45) is 1.10. The van der Waals surface area contributed by atoms with Gasteiger partial charge in [-0.2, -0.15) is 0 Å². The van der Waals surface area contributed by atoms with Crippen molar-refractivity contribution >= 4 is 51.8 Å². The molecule has 0 bridgehead atoms. The van der Waals surface area contributed by atoms with E-state index in [9.17, 15) is 14.0 Å². The van der Waals surface area contributed by atoms with Crippen molar-refractivity contribution in [2.45, 2.75) is 39.3 Å². The van der Waals surface area contributed by atoms with Crippen LogP contribution in [0.25, 0.3) is 0 Å². The molecule has 0 atom stereocenters. The number of carbonyl (C=O) groups is 2. The average molecular weight is 477 g/mol. The Hall–Kier alpha value is -2.22. The van der Waals surface area contributed by atoms with E-state index >= 15 is 0 Å². The van der Waals surface area contributed by atoms with Gasteiger partial charge in [-0.1, -0.05) is 11.6 Å². The summed E-state index contributed by atoms with van der Waals surface area (Å²) in [5.41, 5.74) is 2.82. The summed E-state index contributed by atoms with van der Waals surface area (Å²) < 4.78 is 13.7.